The van der Waals surface area contributed by atoms with Crippen LogP contribution >= 0.6 is 11.6 Å². The molecule has 1 saturated heterocycles. The lowest BCUT2D eigenvalue weighted by molar-refractivity contribution is -0.0263. The van der Waals surface area contributed by atoms with Crippen molar-refractivity contribution in [2.24, 2.45) is 5.92 Å². The summed E-state index contributed by atoms with van der Waals surface area (Å²) in [7, 11) is 0. The zero-order chi connectivity index (χ0) is 12.7. The van der Waals surface area contributed by atoms with Gasteiger partial charge in [0.25, 0.3) is 0 Å². The molecular weight excluding hydrogens is 236 g/mol. The van der Waals surface area contributed by atoms with Gasteiger partial charge in [-0.3, -0.25) is 4.90 Å². The second kappa shape index (κ2) is 8.30. The first-order chi connectivity index (χ1) is 8.15. The van der Waals surface area contributed by atoms with Gasteiger partial charge < -0.3 is 10.1 Å². The van der Waals surface area contributed by atoms with Crippen LogP contribution in [0.4, 0.5) is 0 Å². The third-order valence-electron chi connectivity index (χ3n) is 3.25. The topological polar surface area (TPSA) is 24.5 Å². The Bertz CT molecular complexity index is 202. The lowest BCUT2D eigenvalue weighted by Gasteiger charge is -2.33. The third-order valence-corrected chi connectivity index (χ3v) is 3.62. The lowest BCUT2D eigenvalue weighted by Crippen LogP contribution is -2.48. The Balaban J connectivity index is 2.23. The molecule has 1 N–H and O–H groups in total. The minimum atomic E-state index is 0.321. The van der Waals surface area contributed by atoms with Gasteiger partial charge in [-0.1, -0.05) is 20.8 Å². The number of likely N-dealkylation sites (N-methyl/N-ethyl adjacent to an activating group) is 1. The monoisotopic (exact) mass is 262 g/mol. The minimum Gasteiger partial charge on any atom is -0.374 e. The van der Waals surface area contributed by atoms with Gasteiger partial charge in [-0.05, 0) is 18.9 Å². The molecule has 4 heteroatoms. The van der Waals surface area contributed by atoms with Crippen LogP contribution in [0.2, 0.25) is 0 Å². The number of nitrogens with zero attached hydrogens (tertiary/aromatic N) is 1. The molecule has 0 aliphatic carbocycles. The second-order valence-corrected chi connectivity index (χ2v) is 5.58. The van der Waals surface area contributed by atoms with Gasteiger partial charge in [-0.25, -0.2) is 0 Å². The summed E-state index contributed by atoms with van der Waals surface area (Å²) >= 11 is 5.97. The van der Waals surface area contributed by atoms with E-state index in [4.69, 9.17) is 16.3 Å². The molecule has 0 spiro atoms. The number of morpholine rings is 1. The van der Waals surface area contributed by atoms with Crippen LogP contribution in [0.5, 0.6) is 0 Å². The van der Waals surface area contributed by atoms with Gasteiger partial charge in [0.15, 0.2) is 0 Å². The zero-order valence-electron chi connectivity index (χ0n) is 11.4. The van der Waals surface area contributed by atoms with Crippen molar-refractivity contribution >= 4 is 11.6 Å². The first-order valence-electron chi connectivity index (χ1n) is 6.79. The van der Waals surface area contributed by atoms with E-state index in [2.05, 4.69) is 31.0 Å². The van der Waals surface area contributed by atoms with Gasteiger partial charge in [-0.2, -0.15) is 0 Å². The second-order valence-electron chi connectivity index (χ2n) is 5.28. The maximum Gasteiger partial charge on any atom is 0.0826 e. The van der Waals surface area contributed by atoms with E-state index in [0.29, 0.717) is 23.9 Å². The Morgan fingerprint density at radius 2 is 2.24 bits per heavy atom. The quantitative estimate of drug-likeness (QED) is 0.710. The molecule has 2 atom stereocenters. The maximum atomic E-state index is 5.97. The minimum absolute atomic E-state index is 0.321. The van der Waals surface area contributed by atoms with Crippen LogP contribution in [0.3, 0.4) is 0 Å². The van der Waals surface area contributed by atoms with Crippen molar-refractivity contribution in [2.45, 2.75) is 39.3 Å². The highest BCUT2D eigenvalue weighted by Crippen LogP contribution is 2.08. The van der Waals surface area contributed by atoms with Crippen LogP contribution in [0, 0.1) is 5.92 Å². The molecule has 0 aromatic carbocycles. The fourth-order valence-electron chi connectivity index (χ4n) is 2.26. The smallest absolute Gasteiger partial charge is 0.0826 e. The fourth-order valence-corrected chi connectivity index (χ4v) is 2.49. The highest BCUT2D eigenvalue weighted by atomic mass is 35.5. The third kappa shape index (κ3) is 6.05. The number of rotatable bonds is 7. The van der Waals surface area contributed by atoms with Gasteiger partial charge in [-0.15, -0.1) is 11.6 Å². The van der Waals surface area contributed by atoms with Crippen molar-refractivity contribution in [3.8, 4) is 0 Å². The number of hydrogen-bond donors (Lipinski definition) is 1. The molecule has 3 nitrogen and oxygen atoms in total. The SMILES string of the molecule is CCN1CCOC(CNC(CCl)CC(C)C)C1. The summed E-state index contributed by atoms with van der Waals surface area (Å²) in [6.45, 7) is 11.7. The summed E-state index contributed by atoms with van der Waals surface area (Å²) in [5.74, 6) is 1.37. The molecule has 1 aliphatic rings. The normalized spacial score (nSPS) is 24.2. The Labute approximate surface area is 111 Å². The number of ether oxygens (including phenoxy) is 1. The summed E-state index contributed by atoms with van der Waals surface area (Å²) in [4.78, 5) is 2.44. The van der Waals surface area contributed by atoms with E-state index < -0.39 is 0 Å². The average molecular weight is 263 g/mol. The summed E-state index contributed by atoms with van der Waals surface area (Å²) in [6.07, 6.45) is 1.45. The molecule has 102 valence electrons. The molecule has 0 saturated carbocycles. The number of halogens is 1. The van der Waals surface area contributed by atoms with E-state index in [9.17, 15) is 0 Å². The Hall–Kier alpha value is 0.170. The zero-order valence-corrected chi connectivity index (χ0v) is 12.2. The summed E-state index contributed by atoms with van der Waals surface area (Å²) in [5, 5.41) is 3.53. The van der Waals surface area contributed by atoms with Gasteiger partial charge in [0.1, 0.15) is 0 Å². The Morgan fingerprint density at radius 1 is 1.47 bits per heavy atom. The number of nitrogens with one attached hydrogen (secondary N) is 1. The molecule has 1 rings (SSSR count). The molecule has 0 radical (unpaired) electrons. The van der Waals surface area contributed by atoms with Gasteiger partial charge in [0.05, 0.1) is 12.7 Å². The van der Waals surface area contributed by atoms with E-state index in [1.54, 1.807) is 0 Å². The summed E-state index contributed by atoms with van der Waals surface area (Å²) in [5.41, 5.74) is 0. The van der Waals surface area contributed by atoms with Crippen molar-refractivity contribution < 1.29 is 4.74 Å². The van der Waals surface area contributed by atoms with Crippen molar-refractivity contribution in [3.05, 3.63) is 0 Å². The largest absolute Gasteiger partial charge is 0.374 e. The summed E-state index contributed by atoms with van der Waals surface area (Å²) < 4.78 is 5.76. The van der Waals surface area contributed by atoms with Crippen LogP contribution in [0.25, 0.3) is 0 Å². The molecular formula is C13H27ClN2O. The fraction of sp³-hybridized carbons (Fsp3) is 1.00. The Kier molecular flexibility index (Phi) is 7.44. The van der Waals surface area contributed by atoms with Crippen molar-refractivity contribution in [1.82, 2.24) is 10.2 Å². The number of alkyl halides is 1. The van der Waals surface area contributed by atoms with Crippen molar-refractivity contribution in [3.63, 3.8) is 0 Å². The first kappa shape index (κ1) is 15.2. The molecule has 2 unspecified atom stereocenters. The highest BCUT2D eigenvalue weighted by molar-refractivity contribution is 6.18. The first-order valence-corrected chi connectivity index (χ1v) is 7.32. The van der Waals surface area contributed by atoms with E-state index in [1.807, 2.05) is 0 Å². The van der Waals surface area contributed by atoms with Crippen LogP contribution in [0.15, 0.2) is 0 Å². The predicted molar refractivity (Wildman–Crippen MR) is 73.8 cm³/mol. The van der Waals surface area contributed by atoms with Crippen LogP contribution < -0.4 is 5.32 Å². The average Bonchev–Trinajstić information content (AvgIpc) is 2.34. The molecule has 17 heavy (non-hydrogen) atoms. The van der Waals surface area contributed by atoms with Crippen LogP contribution in [0.1, 0.15) is 27.2 Å². The van der Waals surface area contributed by atoms with E-state index in [0.717, 1.165) is 39.2 Å². The van der Waals surface area contributed by atoms with Crippen LogP contribution in [-0.2, 0) is 4.74 Å². The molecule has 0 aromatic rings. The molecule has 1 aliphatic heterocycles. The van der Waals surface area contributed by atoms with Gasteiger partial charge >= 0.3 is 0 Å². The molecule has 0 aromatic heterocycles. The van der Waals surface area contributed by atoms with Crippen molar-refractivity contribution in [1.29, 1.82) is 0 Å². The molecule has 0 bridgehead atoms. The molecule has 1 heterocycles. The van der Waals surface area contributed by atoms with E-state index in [-0.39, 0.29) is 0 Å². The van der Waals surface area contributed by atoms with E-state index >= 15 is 0 Å². The predicted octanol–water partition coefficient (Wildman–Crippen LogP) is 1.95. The maximum absolute atomic E-state index is 5.97. The van der Waals surface area contributed by atoms with Crippen LogP contribution in [-0.4, -0.2) is 55.7 Å². The van der Waals surface area contributed by atoms with Gasteiger partial charge in [0.2, 0.25) is 0 Å². The van der Waals surface area contributed by atoms with E-state index in [1.165, 1.54) is 0 Å². The molecule has 1 fully saturated rings. The summed E-state index contributed by atoms with van der Waals surface area (Å²) in [6, 6.07) is 0.414. The number of hydrogen-bond acceptors (Lipinski definition) is 3. The highest BCUT2D eigenvalue weighted by Gasteiger charge is 2.20. The van der Waals surface area contributed by atoms with Gasteiger partial charge in [0, 0.05) is 31.6 Å². The molecule has 0 amide bonds. The standard InChI is InChI=1S/C13H27ClN2O/c1-4-16-5-6-17-13(10-16)9-15-12(8-14)7-11(2)3/h11-13,15H,4-10H2,1-3H3. The lowest BCUT2D eigenvalue weighted by atomic mass is 10.1. The Morgan fingerprint density at radius 3 is 2.82 bits per heavy atom. The van der Waals surface area contributed by atoms with Crippen molar-refractivity contribution in [2.75, 3.05) is 38.7 Å².